The van der Waals surface area contributed by atoms with E-state index in [-0.39, 0.29) is 0 Å². The molecular weight excluding hydrogens is 935 g/mol. The summed E-state index contributed by atoms with van der Waals surface area (Å²) in [7, 11) is 0. The van der Waals surface area contributed by atoms with Gasteiger partial charge in [-0.1, -0.05) is 42.5 Å². The molecule has 1 unspecified atom stereocenters. The van der Waals surface area contributed by atoms with Gasteiger partial charge in [0, 0.05) is 133 Å². The van der Waals surface area contributed by atoms with E-state index in [1.807, 2.05) is 52.6 Å². The number of piperazine rings is 2. The predicted octanol–water partition coefficient (Wildman–Crippen LogP) is 4.87. The van der Waals surface area contributed by atoms with Crippen LogP contribution in [0, 0.1) is 5.92 Å². The summed E-state index contributed by atoms with van der Waals surface area (Å²) < 4.78 is 9.48. The van der Waals surface area contributed by atoms with Gasteiger partial charge < -0.3 is 35.0 Å². The summed E-state index contributed by atoms with van der Waals surface area (Å²) in [6.45, 7) is 10.0. The van der Waals surface area contributed by atoms with Gasteiger partial charge in [0.2, 0.25) is 35.7 Å². The normalized spacial score (nSPS) is 18.1. The lowest BCUT2D eigenvalue weighted by molar-refractivity contribution is 0.181. The van der Waals surface area contributed by atoms with Gasteiger partial charge in [-0.05, 0) is 60.2 Å². The molecule has 6 aromatic heterocycles. The molecule has 4 fully saturated rings. The van der Waals surface area contributed by atoms with Crippen molar-refractivity contribution in [3.8, 4) is 0 Å². The first kappa shape index (κ1) is 46.8. The Morgan fingerprint density at radius 2 is 1.20 bits per heavy atom. The maximum atomic E-state index is 5.52. The monoisotopic (exact) mass is 994 g/mol. The number of hydrogen-bond donors (Lipinski definition) is 2. The summed E-state index contributed by atoms with van der Waals surface area (Å²) >= 11 is 0. The molecule has 12 rings (SSSR count). The maximum Gasteiger partial charge on any atom is 0.239 e. The van der Waals surface area contributed by atoms with Crippen molar-refractivity contribution >= 4 is 52.8 Å². The first-order valence-electron chi connectivity index (χ1n) is 25.6. The molecule has 4 saturated heterocycles. The van der Waals surface area contributed by atoms with Crippen LogP contribution in [-0.4, -0.2) is 148 Å². The molecule has 0 amide bonds. The molecule has 74 heavy (non-hydrogen) atoms. The Morgan fingerprint density at radius 3 is 1.88 bits per heavy atom. The van der Waals surface area contributed by atoms with E-state index in [0.29, 0.717) is 61.2 Å². The Bertz CT molecular complexity index is 3070. The number of nitrogens with one attached hydrogen (secondary N) is 2. The minimum atomic E-state index is 0.391. The number of rotatable bonds is 17. The summed E-state index contributed by atoms with van der Waals surface area (Å²) in [5, 5.41) is 16.2. The fourth-order valence-electron chi connectivity index (χ4n) is 10.1. The van der Waals surface area contributed by atoms with Crippen LogP contribution < -0.4 is 35.1 Å². The summed E-state index contributed by atoms with van der Waals surface area (Å²) in [4.78, 5) is 58.2. The zero-order valence-electron chi connectivity index (χ0n) is 41.3. The van der Waals surface area contributed by atoms with Crippen molar-refractivity contribution in [3.05, 3.63) is 139 Å². The van der Waals surface area contributed by atoms with E-state index in [4.69, 9.17) is 44.7 Å². The third-order valence-corrected chi connectivity index (χ3v) is 14.0. The molecule has 22 heteroatoms. The first-order chi connectivity index (χ1) is 36.6. The largest absolute Gasteiger partial charge is 0.381 e. The van der Waals surface area contributed by atoms with Crippen molar-refractivity contribution in [1.82, 2.24) is 74.7 Å². The van der Waals surface area contributed by atoms with Crippen LogP contribution in [0.15, 0.2) is 117 Å². The molecule has 0 bridgehead atoms. The van der Waals surface area contributed by atoms with Gasteiger partial charge in [-0.15, -0.1) is 0 Å². The second kappa shape index (κ2) is 21.9. The second-order valence-electron chi connectivity index (χ2n) is 19.3. The lowest BCUT2D eigenvalue weighted by Crippen LogP contribution is -2.47. The van der Waals surface area contributed by atoms with Crippen molar-refractivity contribution in [2.75, 3.05) is 102 Å². The van der Waals surface area contributed by atoms with E-state index in [2.05, 4.69) is 110 Å². The molecule has 0 saturated carbocycles. The highest BCUT2D eigenvalue weighted by atomic mass is 16.5. The molecule has 378 valence electrons. The standard InChI is InChI=1S/C52H59N21O/c1-2-6-38(7-3-1)22-41-25-54-48(55-26-41)68-15-19-70(20-16-68)51-60-37-61-52(66-51)73(46-30-63-72(34-46)32-43-9-5-12-53-43)45-10-4-8-39(24-45)23-42-27-56-49(57-28-42)67-13-17-69(18-14-67)50-59-36-58-47(65-50)64-44-29-62-71(33-44)31-40-11-21-74-35-40/h1-4,6-8,10,24-30,33-34,36-37,40,43,53H,5,9,11-23,31-32,35H2,(H,58,59,64,65)/t40?,43-/m0/s1. The van der Waals surface area contributed by atoms with Crippen molar-refractivity contribution < 1.29 is 4.74 Å². The van der Waals surface area contributed by atoms with Crippen LogP contribution >= 0.6 is 0 Å². The van der Waals surface area contributed by atoms with Gasteiger partial charge in [-0.3, -0.25) is 14.3 Å². The molecule has 0 radical (unpaired) electrons. The van der Waals surface area contributed by atoms with E-state index in [9.17, 15) is 0 Å². The number of nitrogens with zero attached hydrogens (tertiary/aromatic N) is 19. The smallest absolute Gasteiger partial charge is 0.239 e. The minimum Gasteiger partial charge on any atom is -0.381 e. The van der Waals surface area contributed by atoms with E-state index < -0.39 is 0 Å². The van der Waals surface area contributed by atoms with Crippen LogP contribution in [0.25, 0.3) is 0 Å². The lowest BCUT2D eigenvalue weighted by Gasteiger charge is -2.34. The summed E-state index contributed by atoms with van der Waals surface area (Å²) in [6.07, 6.45) is 23.4. The summed E-state index contributed by atoms with van der Waals surface area (Å²) in [5.41, 5.74) is 7.04. The van der Waals surface area contributed by atoms with Crippen LogP contribution in [0.2, 0.25) is 0 Å². The zero-order chi connectivity index (χ0) is 49.5. The molecular formula is C52H59N21O. The third-order valence-electron chi connectivity index (χ3n) is 14.0. The van der Waals surface area contributed by atoms with E-state index in [1.165, 1.54) is 12.0 Å². The van der Waals surface area contributed by atoms with Crippen LogP contribution in [0.1, 0.15) is 41.5 Å². The zero-order valence-corrected chi connectivity index (χ0v) is 41.3. The fourth-order valence-corrected chi connectivity index (χ4v) is 10.1. The molecule has 0 aliphatic carbocycles. The highest BCUT2D eigenvalue weighted by Crippen LogP contribution is 2.34. The number of ether oxygens (including phenoxy) is 1. The molecule has 8 aromatic rings. The second-order valence-corrected chi connectivity index (χ2v) is 19.3. The average molecular weight is 994 g/mol. The van der Waals surface area contributed by atoms with E-state index in [1.54, 1.807) is 18.9 Å². The number of anilines is 9. The van der Waals surface area contributed by atoms with Crippen LogP contribution in [0.4, 0.5) is 52.8 Å². The van der Waals surface area contributed by atoms with Crippen LogP contribution in [-0.2, 0) is 30.7 Å². The predicted molar refractivity (Wildman–Crippen MR) is 281 cm³/mol. The molecule has 22 nitrogen and oxygen atoms in total. The van der Waals surface area contributed by atoms with Crippen molar-refractivity contribution in [2.24, 2.45) is 5.92 Å². The van der Waals surface area contributed by atoms with E-state index >= 15 is 0 Å². The van der Waals surface area contributed by atoms with Gasteiger partial charge in [0.15, 0.2) is 0 Å². The van der Waals surface area contributed by atoms with Gasteiger partial charge in [-0.2, -0.15) is 20.2 Å². The van der Waals surface area contributed by atoms with Crippen LogP contribution in [0.3, 0.4) is 0 Å². The number of aromatic nitrogens is 14. The topological polar surface area (TPSA) is 214 Å². The molecule has 2 atom stereocenters. The highest BCUT2D eigenvalue weighted by Gasteiger charge is 2.26. The third kappa shape index (κ3) is 11.2. The lowest BCUT2D eigenvalue weighted by atomic mass is 10.1. The Labute approximate surface area is 429 Å². The van der Waals surface area contributed by atoms with Crippen molar-refractivity contribution in [3.63, 3.8) is 0 Å². The SMILES string of the molecule is c1ccc(Cc2cnc(N3CCN(c4ncnc(N(c5cccc(Cc6cnc(N7CCN(c8ncnc(Nc9cnn(CC%10CCOC%10)c9)n8)CC7)nc6)c5)c5cnn(C[C@@H]6CCCN6)c5)n4)CC3)nc2)cc1. The summed E-state index contributed by atoms with van der Waals surface area (Å²) in [6, 6.07) is 19.3. The number of hydrogen-bond acceptors (Lipinski definition) is 20. The Kier molecular flexibility index (Phi) is 13.8. The maximum absolute atomic E-state index is 5.52. The van der Waals surface area contributed by atoms with Crippen molar-refractivity contribution in [1.29, 1.82) is 0 Å². The molecule has 2 aromatic carbocycles. The molecule has 2 N–H and O–H groups in total. The van der Waals surface area contributed by atoms with Gasteiger partial charge in [0.1, 0.15) is 12.7 Å². The minimum absolute atomic E-state index is 0.391. The van der Waals surface area contributed by atoms with Gasteiger partial charge in [-0.25, -0.2) is 39.9 Å². The molecule has 4 aliphatic heterocycles. The molecule has 10 heterocycles. The van der Waals surface area contributed by atoms with Crippen molar-refractivity contribution in [2.45, 2.75) is 51.2 Å². The highest BCUT2D eigenvalue weighted by molar-refractivity contribution is 5.72. The number of benzene rings is 2. The Balaban J connectivity index is 0.693. The molecule has 0 spiro atoms. The Morgan fingerprint density at radius 1 is 0.568 bits per heavy atom. The van der Waals surface area contributed by atoms with Gasteiger partial charge >= 0.3 is 0 Å². The quantitative estimate of drug-likeness (QED) is 0.125. The van der Waals surface area contributed by atoms with Gasteiger partial charge in [0.05, 0.1) is 36.9 Å². The average Bonchev–Trinajstić information content (AvgIpc) is 4.32. The first-order valence-corrected chi connectivity index (χ1v) is 25.6. The van der Waals surface area contributed by atoms with E-state index in [0.717, 1.165) is 131 Å². The summed E-state index contributed by atoms with van der Waals surface area (Å²) in [5.74, 6) is 4.17. The molecule has 4 aliphatic rings. The Hall–Kier alpha value is -8.24. The van der Waals surface area contributed by atoms with Crippen LogP contribution in [0.5, 0.6) is 0 Å². The van der Waals surface area contributed by atoms with Gasteiger partial charge in [0.25, 0.3) is 0 Å². The fraction of sp³-hybridized carbons (Fsp3) is 0.385.